The normalized spacial score (nSPS) is 18.6. The molecular formula is C20H22ClN3O3S. The maximum Gasteiger partial charge on any atom is 0.271 e. The molecule has 0 saturated heterocycles. The van der Waals surface area contributed by atoms with E-state index < -0.39 is 15.9 Å². The number of hydrogen-bond donors (Lipinski definition) is 2. The molecule has 6 nitrogen and oxygen atoms in total. The Morgan fingerprint density at radius 1 is 1.14 bits per heavy atom. The lowest BCUT2D eigenvalue weighted by Crippen LogP contribution is -2.24. The SMILES string of the molecule is C[C@H]1CCCC/C1=N/NC(=O)c1cccc(S(=O)(=O)Nc2ccc(Cl)cc2)c1. The molecular weight excluding hydrogens is 398 g/mol. The summed E-state index contributed by atoms with van der Waals surface area (Å²) in [5.74, 6) is -0.0850. The van der Waals surface area contributed by atoms with Crippen molar-refractivity contribution in [1.82, 2.24) is 5.43 Å². The summed E-state index contributed by atoms with van der Waals surface area (Å²) in [6.45, 7) is 2.10. The van der Waals surface area contributed by atoms with E-state index >= 15 is 0 Å². The molecule has 1 atom stereocenters. The van der Waals surface area contributed by atoms with Gasteiger partial charge in [-0.25, -0.2) is 13.8 Å². The van der Waals surface area contributed by atoms with Crippen LogP contribution < -0.4 is 10.1 Å². The molecule has 1 saturated carbocycles. The number of carbonyl (C=O) groups excluding carboxylic acids is 1. The number of rotatable bonds is 5. The largest absolute Gasteiger partial charge is 0.280 e. The van der Waals surface area contributed by atoms with Gasteiger partial charge in [-0.1, -0.05) is 31.0 Å². The van der Waals surface area contributed by atoms with Gasteiger partial charge in [0.05, 0.1) is 4.90 Å². The average Bonchev–Trinajstić information content (AvgIpc) is 2.69. The van der Waals surface area contributed by atoms with Gasteiger partial charge in [-0.15, -0.1) is 0 Å². The second-order valence-electron chi connectivity index (χ2n) is 6.83. The van der Waals surface area contributed by atoms with Gasteiger partial charge in [0.1, 0.15) is 0 Å². The molecule has 0 spiro atoms. The van der Waals surface area contributed by atoms with Crippen molar-refractivity contribution >= 4 is 38.9 Å². The summed E-state index contributed by atoms with van der Waals surface area (Å²) >= 11 is 5.82. The van der Waals surface area contributed by atoms with Gasteiger partial charge in [0.25, 0.3) is 15.9 Å². The summed E-state index contributed by atoms with van der Waals surface area (Å²) in [5, 5.41) is 4.76. The van der Waals surface area contributed by atoms with Crippen molar-refractivity contribution in [3.8, 4) is 0 Å². The zero-order valence-electron chi connectivity index (χ0n) is 15.5. The topological polar surface area (TPSA) is 87.6 Å². The fourth-order valence-electron chi connectivity index (χ4n) is 3.06. The summed E-state index contributed by atoms with van der Waals surface area (Å²) in [5.41, 5.74) is 4.15. The number of sulfonamides is 1. The van der Waals surface area contributed by atoms with Crippen LogP contribution in [-0.2, 0) is 10.0 Å². The molecule has 3 rings (SSSR count). The summed E-state index contributed by atoms with van der Waals surface area (Å²) in [4.78, 5) is 12.4. The van der Waals surface area contributed by atoms with Crippen molar-refractivity contribution in [3.63, 3.8) is 0 Å². The Balaban J connectivity index is 1.74. The van der Waals surface area contributed by atoms with Crippen molar-refractivity contribution in [3.05, 3.63) is 59.1 Å². The molecule has 2 aromatic carbocycles. The molecule has 8 heteroatoms. The van der Waals surface area contributed by atoms with Crippen molar-refractivity contribution in [2.45, 2.75) is 37.5 Å². The minimum atomic E-state index is -3.84. The van der Waals surface area contributed by atoms with Crippen LogP contribution in [0.2, 0.25) is 5.02 Å². The first-order chi connectivity index (χ1) is 13.3. The third-order valence-corrected chi connectivity index (χ3v) is 6.32. The summed E-state index contributed by atoms with van der Waals surface area (Å²) in [6.07, 6.45) is 4.19. The van der Waals surface area contributed by atoms with Gasteiger partial charge in [-0.3, -0.25) is 9.52 Å². The van der Waals surface area contributed by atoms with E-state index in [4.69, 9.17) is 11.6 Å². The Morgan fingerprint density at radius 3 is 2.61 bits per heavy atom. The molecule has 148 valence electrons. The molecule has 0 unspecified atom stereocenters. The van der Waals surface area contributed by atoms with Crippen molar-refractivity contribution in [2.24, 2.45) is 11.0 Å². The quantitative estimate of drug-likeness (QED) is 0.702. The Morgan fingerprint density at radius 2 is 1.89 bits per heavy atom. The first kappa shape index (κ1) is 20.4. The smallest absolute Gasteiger partial charge is 0.271 e. The monoisotopic (exact) mass is 419 g/mol. The summed E-state index contributed by atoms with van der Waals surface area (Å²) in [7, 11) is -3.84. The Bertz CT molecular complexity index is 988. The van der Waals surface area contributed by atoms with Gasteiger partial charge < -0.3 is 0 Å². The first-order valence-electron chi connectivity index (χ1n) is 9.10. The molecule has 0 heterocycles. The van der Waals surface area contributed by atoms with E-state index in [1.54, 1.807) is 30.3 Å². The lowest BCUT2D eigenvalue weighted by atomic mass is 9.89. The van der Waals surface area contributed by atoms with Crippen LogP contribution in [0.25, 0.3) is 0 Å². The zero-order valence-corrected chi connectivity index (χ0v) is 17.1. The van der Waals surface area contributed by atoms with Crippen LogP contribution in [0.1, 0.15) is 43.0 Å². The highest BCUT2D eigenvalue weighted by atomic mass is 35.5. The third kappa shape index (κ3) is 5.11. The molecule has 0 bridgehead atoms. The summed E-state index contributed by atoms with van der Waals surface area (Å²) in [6, 6.07) is 12.2. The Hall–Kier alpha value is -2.38. The maximum absolute atomic E-state index is 12.6. The third-order valence-electron chi connectivity index (χ3n) is 4.69. The van der Waals surface area contributed by atoms with Gasteiger partial charge in [-0.2, -0.15) is 5.10 Å². The van der Waals surface area contributed by atoms with Gasteiger partial charge in [0.2, 0.25) is 0 Å². The van der Waals surface area contributed by atoms with Gasteiger partial charge in [0.15, 0.2) is 0 Å². The average molecular weight is 420 g/mol. The van der Waals surface area contributed by atoms with E-state index in [-0.39, 0.29) is 10.5 Å². The number of benzene rings is 2. The second kappa shape index (κ2) is 8.75. The number of hydrogen-bond acceptors (Lipinski definition) is 4. The first-order valence-corrected chi connectivity index (χ1v) is 11.0. The molecule has 0 radical (unpaired) electrons. The number of amides is 1. The van der Waals surface area contributed by atoms with Gasteiger partial charge >= 0.3 is 0 Å². The minimum absolute atomic E-state index is 0.00575. The fraction of sp³-hybridized carbons (Fsp3) is 0.300. The highest BCUT2D eigenvalue weighted by Gasteiger charge is 2.18. The standard InChI is InChI=1S/C20H22ClN3O3S/c1-14-5-2-3-8-19(14)22-23-20(25)15-6-4-7-18(13-15)28(26,27)24-17-11-9-16(21)10-12-17/h4,6-7,9-14,24H,2-3,5,8H2,1H3,(H,23,25)/b22-19-/t14-/m0/s1. The van der Waals surface area contributed by atoms with E-state index in [9.17, 15) is 13.2 Å². The molecule has 2 N–H and O–H groups in total. The van der Waals surface area contributed by atoms with Crippen LogP contribution in [0.4, 0.5) is 5.69 Å². The number of anilines is 1. The van der Waals surface area contributed by atoms with Crippen LogP contribution in [-0.4, -0.2) is 20.0 Å². The zero-order chi connectivity index (χ0) is 20.1. The van der Waals surface area contributed by atoms with Gasteiger partial charge in [0, 0.05) is 22.0 Å². The summed E-state index contributed by atoms with van der Waals surface area (Å²) < 4.78 is 27.7. The van der Waals surface area contributed by atoms with Crippen LogP contribution in [0.15, 0.2) is 58.5 Å². The predicted octanol–water partition coefficient (Wildman–Crippen LogP) is 4.44. The second-order valence-corrected chi connectivity index (χ2v) is 8.95. The van der Waals surface area contributed by atoms with E-state index in [1.807, 2.05) is 0 Å². The number of carbonyl (C=O) groups is 1. The number of hydrazone groups is 1. The van der Waals surface area contributed by atoms with Crippen LogP contribution in [0.5, 0.6) is 0 Å². The van der Waals surface area contributed by atoms with Crippen molar-refractivity contribution < 1.29 is 13.2 Å². The maximum atomic E-state index is 12.6. The van der Waals surface area contributed by atoms with E-state index in [1.165, 1.54) is 24.6 Å². The predicted molar refractivity (Wildman–Crippen MR) is 111 cm³/mol. The number of nitrogens with one attached hydrogen (secondary N) is 2. The highest BCUT2D eigenvalue weighted by Crippen LogP contribution is 2.21. The van der Waals surface area contributed by atoms with Crippen LogP contribution in [0.3, 0.4) is 0 Å². The Labute approximate surface area is 170 Å². The number of halogens is 1. The van der Waals surface area contributed by atoms with E-state index in [0.29, 0.717) is 16.6 Å². The van der Waals surface area contributed by atoms with E-state index in [2.05, 4.69) is 22.2 Å². The molecule has 0 aliphatic heterocycles. The fourth-order valence-corrected chi connectivity index (χ4v) is 4.29. The number of nitrogens with zero attached hydrogens (tertiary/aromatic N) is 1. The molecule has 0 aromatic heterocycles. The highest BCUT2D eigenvalue weighted by molar-refractivity contribution is 7.92. The van der Waals surface area contributed by atoms with Crippen molar-refractivity contribution in [2.75, 3.05) is 4.72 Å². The van der Waals surface area contributed by atoms with Crippen molar-refractivity contribution in [1.29, 1.82) is 0 Å². The van der Waals surface area contributed by atoms with Gasteiger partial charge in [-0.05, 0) is 67.6 Å². The van der Waals surface area contributed by atoms with Crippen LogP contribution >= 0.6 is 11.6 Å². The molecule has 28 heavy (non-hydrogen) atoms. The van der Waals surface area contributed by atoms with Crippen LogP contribution in [0, 0.1) is 5.92 Å². The molecule has 1 aliphatic rings. The Kier molecular flexibility index (Phi) is 6.36. The molecule has 1 amide bonds. The lowest BCUT2D eigenvalue weighted by molar-refractivity contribution is 0.0954. The molecule has 2 aromatic rings. The van der Waals surface area contributed by atoms with E-state index in [0.717, 1.165) is 25.0 Å². The molecule has 1 aliphatic carbocycles. The minimum Gasteiger partial charge on any atom is -0.280 e. The molecule has 1 fully saturated rings. The lowest BCUT2D eigenvalue weighted by Gasteiger charge is -2.19.